The Morgan fingerprint density at radius 1 is 1.04 bits per heavy atom. The predicted octanol–water partition coefficient (Wildman–Crippen LogP) is 2.18. The summed E-state index contributed by atoms with van der Waals surface area (Å²) in [5.41, 5.74) is 3.14. The third-order valence-electron chi connectivity index (χ3n) is 4.86. The van der Waals surface area contributed by atoms with E-state index in [1.165, 1.54) is 5.69 Å². The Morgan fingerprint density at radius 2 is 1.74 bits per heavy atom. The van der Waals surface area contributed by atoms with Gasteiger partial charge in [-0.3, -0.25) is 4.79 Å². The van der Waals surface area contributed by atoms with Gasteiger partial charge in [0, 0.05) is 49.7 Å². The van der Waals surface area contributed by atoms with Crippen molar-refractivity contribution >= 4 is 17.3 Å². The van der Waals surface area contributed by atoms with E-state index in [9.17, 15) is 4.79 Å². The lowest BCUT2D eigenvalue weighted by atomic mass is 10.2. The number of carbonyl (C=O) groups is 1. The monoisotopic (exact) mass is 368 g/mol. The van der Waals surface area contributed by atoms with E-state index in [-0.39, 0.29) is 12.5 Å². The normalized spacial score (nSPS) is 14.7. The first-order valence-electron chi connectivity index (χ1n) is 9.32. The molecule has 0 saturated carbocycles. The van der Waals surface area contributed by atoms with Crippen LogP contribution in [0.15, 0.2) is 48.5 Å². The number of likely N-dealkylation sites (N-methyl/N-ethyl adjacent to an activating group) is 1. The zero-order valence-electron chi connectivity index (χ0n) is 16.1. The molecule has 0 unspecified atom stereocenters. The molecule has 0 aromatic heterocycles. The number of piperazine rings is 1. The number of ether oxygens (including phenoxy) is 1. The fraction of sp³-hybridized carbons (Fsp3) is 0.381. The summed E-state index contributed by atoms with van der Waals surface area (Å²) < 4.78 is 5.30. The lowest BCUT2D eigenvalue weighted by Gasteiger charge is -2.34. The van der Waals surface area contributed by atoms with E-state index in [0.29, 0.717) is 6.54 Å². The first kappa shape index (κ1) is 19.0. The Labute approximate surface area is 161 Å². The number of nitrogens with zero attached hydrogens (tertiary/aromatic N) is 2. The molecule has 0 atom stereocenters. The van der Waals surface area contributed by atoms with Crippen molar-refractivity contribution in [1.29, 1.82) is 0 Å². The van der Waals surface area contributed by atoms with Crippen molar-refractivity contribution in [3.63, 3.8) is 0 Å². The minimum absolute atomic E-state index is 0.0518. The second-order valence-corrected chi connectivity index (χ2v) is 6.78. The fourth-order valence-electron chi connectivity index (χ4n) is 3.14. The van der Waals surface area contributed by atoms with E-state index in [1.54, 1.807) is 7.11 Å². The van der Waals surface area contributed by atoms with E-state index < -0.39 is 0 Å². The molecule has 6 heteroatoms. The van der Waals surface area contributed by atoms with Crippen LogP contribution in [0.1, 0.15) is 5.56 Å². The Bertz CT molecular complexity index is 740. The first-order valence-corrected chi connectivity index (χ1v) is 9.32. The maximum atomic E-state index is 12.1. The van der Waals surface area contributed by atoms with Gasteiger partial charge in [-0.1, -0.05) is 18.2 Å². The van der Waals surface area contributed by atoms with Crippen LogP contribution in [0.25, 0.3) is 0 Å². The fourth-order valence-corrected chi connectivity index (χ4v) is 3.14. The molecule has 2 N–H and O–H groups in total. The molecule has 0 aliphatic carbocycles. The summed E-state index contributed by atoms with van der Waals surface area (Å²) in [6.07, 6.45) is 0. The van der Waals surface area contributed by atoms with Gasteiger partial charge in [0.1, 0.15) is 5.75 Å². The molecule has 2 aromatic rings. The van der Waals surface area contributed by atoms with Crippen LogP contribution in [-0.4, -0.2) is 57.7 Å². The summed E-state index contributed by atoms with van der Waals surface area (Å²) in [5, 5.41) is 6.09. The van der Waals surface area contributed by atoms with E-state index in [0.717, 1.165) is 43.2 Å². The molecular weight excluding hydrogens is 340 g/mol. The van der Waals surface area contributed by atoms with Gasteiger partial charge in [0.25, 0.3) is 0 Å². The van der Waals surface area contributed by atoms with Gasteiger partial charge in [-0.15, -0.1) is 0 Å². The summed E-state index contributed by atoms with van der Waals surface area (Å²) in [6, 6.07) is 16.0. The van der Waals surface area contributed by atoms with Crippen molar-refractivity contribution < 1.29 is 9.53 Å². The Balaban J connectivity index is 1.45. The summed E-state index contributed by atoms with van der Waals surface area (Å²) in [7, 11) is 3.79. The third kappa shape index (κ3) is 5.37. The number of methoxy groups -OCH3 is 1. The molecule has 144 valence electrons. The van der Waals surface area contributed by atoms with Gasteiger partial charge < -0.3 is 25.2 Å². The highest BCUT2D eigenvalue weighted by atomic mass is 16.5. The highest BCUT2D eigenvalue weighted by Crippen LogP contribution is 2.19. The molecule has 1 heterocycles. The number of anilines is 2. The lowest BCUT2D eigenvalue weighted by molar-refractivity contribution is -0.119. The van der Waals surface area contributed by atoms with Crippen LogP contribution in [0, 0.1) is 0 Å². The second-order valence-electron chi connectivity index (χ2n) is 6.78. The summed E-state index contributed by atoms with van der Waals surface area (Å²) in [4.78, 5) is 16.8. The zero-order valence-corrected chi connectivity index (χ0v) is 16.1. The first-order chi connectivity index (χ1) is 13.2. The molecule has 1 aliphatic heterocycles. The molecule has 2 aromatic carbocycles. The maximum absolute atomic E-state index is 12.1. The molecule has 1 aliphatic rings. The average molecular weight is 368 g/mol. The van der Waals surface area contributed by atoms with Gasteiger partial charge in [-0.25, -0.2) is 0 Å². The van der Waals surface area contributed by atoms with Crippen molar-refractivity contribution in [1.82, 2.24) is 10.2 Å². The molecule has 6 nitrogen and oxygen atoms in total. The number of benzene rings is 2. The third-order valence-corrected chi connectivity index (χ3v) is 4.86. The number of hydrogen-bond donors (Lipinski definition) is 2. The number of nitrogens with one attached hydrogen (secondary N) is 2. The number of amides is 1. The van der Waals surface area contributed by atoms with Gasteiger partial charge in [0.15, 0.2) is 0 Å². The zero-order chi connectivity index (χ0) is 19.1. The summed E-state index contributed by atoms with van der Waals surface area (Å²) in [5.74, 6) is 0.731. The number of para-hydroxylation sites is 1. The highest BCUT2D eigenvalue weighted by molar-refractivity contribution is 5.80. The average Bonchev–Trinajstić information content (AvgIpc) is 2.72. The maximum Gasteiger partial charge on any atom is 0.239 e. The number of rotatable bonds is 7. The standard InChI is InChI=1S/C21H28N4O2/c1-24-11-13-25(14-12-24)19-9-7-18(8-10-19)22-16-21(26)23-15-17-5-3-4-6-20(17)27-2/h3-10,22H,11-16H2,1-2H3,(H,23,26). The number of carbonyl (C=O) groups excluding carboxylic acids is 1. The van der Waals surface area contributed by atoms with Gasteiger partial charge in [-0.05, 0) is 37.4 Å². The molecule has 0 radical (unpaired) electrons. The Kier molecular flexibility index (Phi) is 6.54. The summed E-state index contributed by atoms with van der Waals surface area (Å²) in [6.45, 7) is 4.97. The molecule has 1 amide bonds. The SMILES string of the molecule is COc1ccccc1CNC(=O)CNc1ccc(N2CCN(C)CC2)cc1. The van der Waals surface area contributed by atoms with E-state index in [2.05, 4.69) is 39.6 Å². The van der Waals surface area contributed by atoms with Crippen molar-refractivity contribution in [2.75, 3.05) is 57.1 Å². The van der Waals surface area contributed by atoms with Crippen molar-refractivity contribution in [2.45, 2.75) is 6.54 Å². The van der Waals surface area contributed by atoms with Crippen LogP contribution in [0.5, 0.6) is 5.75 Å². The molecule has 3 rings (SSSR count). The highest BCUT2D eigenvalue weighted by Gasteiger charge is 2.14. The number of hydrogen-bond acceptors (Lipinski definition) is 5. The van der Waals surface area contributed by atoms with Crippen LogP contribution in [-0.2, 0) is 11.3 Å². The smallest absolute Gasteiger partial charge is 0.239 e. The quantitative estimate of drug-likeness (QED) is 0.785. The van der Waals surface area contributed by atoms with Crippen LogP contribution in [0.4, 0.5) is 11.4 Å². The molecule has 1 fully saturated rings. The minimum atomic E-state index is -0.0518. The van der Waals surface area contributed by atoms with Gasteiger partial charge in [0.2, 0.25) is 5.91 Å². The molecule has 0 spiro atoms. The minimum Gasteiger partial charge on any atom is -0.496 e. The Morgan fingerprint density at radius 3 is 2.44 bits per heavy atom. The van der Waals surface area contributed by atoms with Crippen LogP contribution in [0.3, 0.4) is 0 Å². The van der Waals surface area contributed by atoms with Crippen LogP contribution < -0.4 is 20.3 Å². The molecule has 27 heavy (non-hydrogen) atoms. The lowest BCUT2D eigenvalue weighted by Crippen LogP contribution is -2.44. The van der Waals surface area contributed by atoms with E-state index >= 15 is 0 Å². The summed E-state index contributed by atoms with van der Waals surface area (Å²) >= 11 is 0. The largest absolute Gasteiger partial charge is 0.496 e. The Hall–Kier alpha value is -2.73. The molecular formula is C21H28N4O2. The van der Waals surface area contributed by atoms with E-state index in [4.69, 9.17) is 4.74 Å². The van der Waals surface area contributed by atoms with Gasteiger partial charge in [0.05, 0.1) is 13.7 Å². The van der Waals surface area contributed by atoms with Crippen molar-refractivity contribution in [3.05, 3.63) is 54.1 Å². The van der Waals surface area contributed by atoms with Crippen molar-refractivity contribution in [3.8, 4) is 5.75 Å². The second kappa shape index (κ2) is 9.28. The molecule has 0 bridgehead atoms. The van der Waals surface area contributed by atoms with E-state index in [1.807, 2.05) is 36.4 Å². The predicted molar refractivity (Wildman–Crippen MR) is 109 cm³/mol. The van der Waals surface area contributed by atoms with Gasteiger partial charge in [-0.2, -0.15) is 0 Å². The topological polar surface area (TPSA) is 56.8 Å². The van der Waals surface area contributed by atoms with Gasteiger partial charge >= 0.3 is 0 Å². The van der Waals surface area contributed by atoms with Crippen LogP contribution in [0.2, 0.25) is 0 Å². The van der Waals surface area contributed by atoms with Crippen LogP contribution >= 0.6 is 0 Å². The van der Waals surface area contributed by atoms with Crippen molar-refractivity contribution in [2.24, 2.45) is 0 Å². The molecule has 1 saturated heterocycles.